The van der Waals surface area contributed by atoms with Crippen LogP contribution >= 0.6 is 11.3 Å². The Hall–Kier alpha value is -2.30. The maximum absolute atomic E-state index is 13.4. The van der Waals surface area contributed by atoms with Crippen molar-refractivity contribution in [1.82, 2.24) is 10.3 Å². The number of halogens is 6. The summed E-state index contributed by atoms with van der Waals surface area (Å²) in [4.78, 5) is 15.8. The van der Waals surface area contributed by atoms with E-state index in [0.29, 0.717) is 16.2 Å². The lowest BCUT2D eigenvalue weighted by Gasteiger charge is -2.38. The number of aromatic nitrogens is 1. The number of nitrogens with zero attached hydrogens (tertiary/aromatic N) is 1. The minimum Gasteiger partial charge on any atom is -0.324 e. The van der Waals surface area contributed by atoms with E-state index in [1.165, 1.54) is 36.5 Å². The summed E-state index contributed by atoms with van der Waals surface area (Å²) in [6.07, 6.45) is -11.3. The molecule has 4 nitrogen and oxygen atoms in total. The normalized spacial score (nSPS) is 12.7. The van der Waals surface area contributed by atoms with Crippen LogP contribution in [0.2, 0.25) is 0 Å². The molecule has 142 valence electrons. The first-order valence-corrected chi connectivity index (χ1v) is 7.95. The van der Waals surface area contributed by atoms with E-state index >= 15 is 0 Å². The fourth-order valence-electron chi connectivity index (χ4n) is 2.08. The highest BCUT2D eigenvalue weighted by Gasteiger charge is 2.72. The molecule has 1 amide bonds. The molecular formula is C15H13F6N3OS. The van der Waals surface area contributed by atoms with Crippen molar-refractivity contribution in [3.63, 3.8) is 0 Å². The third-order valence-electron chi connectivity index (χ3n) is 3.30. The summed E-state index contributed by atoms with van der Waals surface area (Å²) in [5.74, 6) is -1.44. The van der Waals surface area contributed by atoms with Crippen molar-refractivity contribution in [2.75, 3.05) is 5.32 Å². The Morgan fingerprint density at radius 3 is 2.12 bits per heavy atom. The van der Waals surface area contributed by atoms with Gasteiger partial charge in [-0.05, 0) is 12.5 Å². The first-order valence-electron chi connectivity index (χ1n) is 7.13. The molecule has 0 aliphatic rings. The number of nitrogens with one attached hydrogen (secondary N) is 2. The summed E-state index contributed by atoms with van der Waals surface area (Å²) in [6.45, 7) is 1.47. The van der Waals surface area contributed by atoms with Gasteiger partial charge in [-0.2, -0.15) is 26.3 Å². The molecule has 26 heavy (non-hydrogen) atoms. The number of hydrogen-bond acceptors (Lipinski definition) is 4. The number of amides is 1. The number of thiazole rings is 1. The standard InChI is InChI=1S/C15H13F6N3OS/c1-9-8-22-12(26-9)24-13(14(16,17)18,15(19,20)21)23-11(25)7-10-5-3-2-4-6-10/h2-6,8H,7H2,1H3,(H,22,24)(H,23,25). The summed E-state index contributed by atoms with van der Waals surface area (Å²) in [7, 11) is 0. The van der Waals surface area contributed by atoms with Crippen molar-refractivity contribution in [2.45, 2.75) is 31.4 Å². The van der Waals surface area contributed by atoms with Crippen molar-refractivity contribution >= 4 is 22.4 Å². The smallest absolute Gasteiger partial charge is 0.324 e. The number of benzene rings is 1. The Labute approximate surface area is 148 Å². The molecule has 2 N–H and O–H groups in total. The van der Waals surface area contributed by atoms with E-state index < -0.39 is 35.5 Å². The maximum Gasteiger partial charge on any atom is 0.439 e. The largest absolute Gasteiger partial charge is 0.439 e. The fourth-order valence-corrected chi connectivity index (χ4v) is 2.80. The molecule has 0 saturated carbocycles. The second-order valence-corrected chi connectivity index (χ2v) is 6.59. The molecule has 0 bridgehead atoms. The van der Waals surface area contributed by atoms with E-state index in [0.717, 1.165) is 11.5 Å². The number of alkyl halides is 6. The third-order valence-corrected chi connectivity index (χ3v) is 4.13. The molecule has 0 unspecified atom stereocenters. The predicted octanol–water partition coefficient (Wildman–Crippen LogP) is 4.04. The molecule has 1 aromatic carbocycles. The van der Waals surface area contributed by atoms with Crippen LogP contribution in [-0.2, 0) is 11.2 Å². The van der Waals surface area contributed by atoms with Gasteiger partial charge in [-0.25, -0.2) is 4.98 Å². The average Bonchev–Trinajstić information content (AvgIpc) is 2.90. The van der Waals surface area contributed by atoms with Gasteiger partial charge in [0.1, 0.15) is 0 Å². The summed E-state index contributed by atoms with van der Waals surface area (Å²) in [5.41, 5.74) is -4.38. The fraction of sp³-hybridized carbons (Fsp3) is 0.333. The summed E-state index contributed by atoms with van der Waals surface area (Å²) in [5, 5.41) is 1.80. The molecule has 0 spiro atoms. The molecule has 1 heterocycles. The van der Waals surface area contributed by atoms with Crippen LogP contribution in [0.25, 0.3) is 0 Å². The van der Waals surface area contributed by atoms with Gasteiger partial charge >= 0.3 is 18.0 Å². The average molecular weight is 397 g/mol. The van der Waals surface area contributed by atoms with Crippen LogP contribution in [-0.4, -0.2) is 28.9 Å². The van der Waals surface area contributed by atoms with E-state index in [-0.39, 0.29) is 5.56 Å². The van der Waals surface area contributed by atoms with E-state index in [4.69, 9.17) is 0 Å². The van der Waals surface area contributed by atoms with Crippen LogP contribution in [0.5, 0.6) is 0 Å². The highest BCUT2D eigenvalue weighted by Crippen LogP contribution is 2.44. The lowest BCUT2D eigenvalue weighted by molar-refractivity contribution is -0.295. The van der Waals surface area contributed by atoms with Crippen LogP contribution in [0.4, 0.5) is 31.5 Å². The molecule has 2 aromatic rings. The van der Waals surface area contributed by atoms with Crippen molar-refractivity contribution in [3.8, 4) is 0 Å². The van der Waals surface area contributed by atoms with Crippen molar-refractivity contribution in [3.05, 3.63) is 47.0 Å². The van der Waals surface area contributed by atoms with Gasteiger partial charge in [0.05, 0.1) is 6.42 Å². The van der Waals surface area contributed by atoms with E-state index in [1.54, 1.807) is 6.07 Å². The summed E-state index contributed by atoms with van der Waals surface area (Å²) in [6, 6.07) is 7.46. The van der Waals surface area contributed by atoms with Crippen LogP contribution in [0.15, 0.2) is 36.5 Å². The topological polar surface area (TPSA) is 54.0 Å². The zero-order valence-corrected chi connectivity index (χ0v) is 14.0. The molecule has 0 aliphatic heterocycles. The van der Waals surface area contributed by atoms with Gasteiger partial charge in [-0.3, -0.25) is 4.79 Å². The lowest BCUT2D eigenvalue weighted by Crippen LogP contribution is -2.72. The Morgan fingerprint density at radius 2 is 1.65 bits per heavy atom. The van der Waals surface area contributed by atoms with Crippen molar-refractivity contribution in [2.24, 2.45) is 0 Å². The molecule has 0 atom stereocenters. The second-order valence-electron chi connectivity index (χ2n) is 5.36. The Kier molecular flexibility index (Phi) is 5.49. The quantitative estimate of drug-likeness (QED) is 0.592. The summed E-state index contributed by atoms with van der Waals surface area (Å²) >= 11 is 0.604. The molecule has 0 saturated heterocycles. The zero-order chi connectivity index (χ0) is 19.6. The molecule has 11 heteroatoms. The summed E-state index contributed by atoms with van der Waals surface area (Å²) < 4.78 is 80.7. The Morgan fingerprint density at radius 1 is 1.08 bits per heavy atom. The molecule has 0 aliphatic carbocycles. The van der Waals surface area contributed by atoms with Gasteiger partial charge in [0.2, 0.25) is 5.91 Å². The Balaban J connectivity index is 2.37. The van der Waals surface area contributed by atoms with Gasteiger partial charge in [0.25, 0.3) is 0 Å². The number of hydrogen-bond donors (Lipinski definition) is 2. The first-order chi connectivity index (χ1) is 11.9. The van der Waals surface area contributed by atoms with Gasteiger partial charge in [-0.15, -0.1) is 11.3 Å². The van der Waals surface area contributed by atoms with Gasteiger partial charge in [0.15, 0.2) is 5.13 Å². The minimum atomic E-state index is -5.86. The highest BCUT2D eigenvalue weighted by atomic mass is 32.1. The minimum absolute atomic E-state index is 0.272. The van der Waals surface area contributed by atoms with Crippen LogP contribution in [0, 0.1) is 6.92 Å². The van der Waals surface area contributed by atoms with Gasteiger partial charge < -0.3 is 10.6 Å². The zero-order valence-electron chi connectivity index (χ0n) is 13.2. The Bertz CT molecular complexity index is 743. The third kappa shape index (κ3) is 4.26. The number of carbonyl (C=O) groups excluding carboxylic acids is 1. The number of carbonyl (C=O) groups is 1. The van der Waals surface area contributed by atoms with Gasteiger partial charge in [0, 0.05) is 11.1 Å². The van der Waals surface area contributed by atoms with Gasteiger partial charge in [-0.1, -0.05) is 30.3 Å². The molecule has 2 rings (SSSR count). The van der Waals surface area contributed by atoms with Crippen LogP contribution in [0.1, 0.15) is 10.4 Å². The maximum atomic E-state index is 13.4. The number of rotatable bonds is 5. The van der Waals surface area contributed by atoms with Crippen molar-refractivity contribution in [1.29, 1.82) is 0 Å². The van der Waals surface area contributed by atoms with E-state index in [2.05, 4.69) is 4.98 Å². The SMILES string of the molecule is Cc1cnc(NC(NC(=O)Cc2ccccc2)(C(F)(F)F)C(F)(F)F)s1. The van der Waals surface area contributed by atoms with Crippen molar-refractivity contribution < 1.29 is 31.1 Å². The number of anilines is 1. The van der Waals surface area contributed by atoms with E-state index in [9.17, 15) is 31.1 Å². The molecular weight excluding hydrogens is 384 g/mol. The van der Waals surface area contributed by atoms with Crippen LogP contribution < -0.4 is 10.6 Å². The number of aryl methyl sites for hydroxylation is 1. The first kappa shape index (κ1) is 20.0. The molecule has 1 aromatic heterocycles. The second kappa shape index (κ2) is 7.14. The predicted molar refractivity (Wildman–Crippen MR) is 83.6 cm³/mol. The molecule has 0 radical (unpaired) electrons. The van der Waals surface area contributed by atoms with E-state index in [1.807, 2.05) is 0 Å². The van der Waals surface area contributed by atoms with Crippen LogP contribution in [0.3, 0.4) is 0 Å². The monoisotopic (exact) mass is 397 g/mol. The molecule has 0 fully saturated rings. The highest BCUT2D eigenvalue weighted by molar-refractivity contribution is 7.15. The lowest BCUT2D eigenvalue weighted by atomic mass is 10.1.